The molecule has 0 fully saturated rings. The summed E-state index contributed by atoms with van der Waals surface area (Å²) in [6, 6.07) is 8.28. The van der Waals surface area contributed by atoms with Gasteiger partial charge < -0.3 is 9.88 Å². The predicted molar refractivity (Wildman–Crippen MR) is 84.4 cm³/mol. The molecule has 0 aliphatic rings. The van der Waals surface area contributed by atoms with Crippen LogP contribution in [0.25, 0.3) is 10.9 Å². The van der Waals surface area contributed by atoms with Crippen LogP contribution in [0.4, 0.5) is 5.69 Å². The molecule has 0 unspecified atom stereocenters. The molecule has 3 aromatic rings. The van der Waals surface area contributed by atoms with Crippen molar-refractivity contribution in [1.82, 2.24) is 19.7 Å². The van der Waals surface area contributed by atoms with Crippen molar-refractivity contribution in [2.24, 2.45) is 0 Å². The molecule has 21 heavy (non-hydrogen) atoms. The molecule has 5 heteroatoms. The van der Waals surface area contributed by atoms with Crippen LogP contribution in [0.3, 0.4) is 0 Å². The Balaban J connectivity index is 1.75. The van der Waals surface area contributed by atoms with Crippen molar-refractivity contribution in [3.05, 3.63) is 48.2 Å². The van der Waals surface area contributed by atoms with Gasteiger partial charge >= 0.3 is 0 Å². The van der Waals surface area contributed by atoms with E-state index in [4.69, 9.17) is 0 Å². The summed E-state index contributed by atoms with van der Waals surface area (Å²) in [5.74, 6) is 1.01. The van der Waals surface area contributed by atoms with Gasteiger partial charge in [-0.25, -0.2) is 0 Å². The Morgan fingerprint density at radius 2 is 2.14 bits per heavy atom. The first-order valence-electron chi connectivity index (χ1n) is 7.24. The standard InChI is InChI=1S/C16H19N5/c1-3-21-11-19-20-15(21)8-10-17-14-7-9-18-16-12(2)5-4-6-13(14)16/h4-7,9,11H,3,8,10H2,1-2H3,(H,17,18). The molecule has 0 amide bonds. The first kappa shape index (κ1) is 13.5. The molecular weight excluding hydrogens is 262 g/mol. The maximum atomic E-state index is 4.46. The number of rotatable bonds is 5. The summed E-state index contributed by atoms with van der Waals surface area (Å²) in [6.07, 6.45) is 4.48. The van der Waals surface area contributed by atoms with Gasteiger partial charge in [-0.3, -0.25) is 4.98 Å². The average Bonchev–Trinajstić information content (AvgIpc) is 2.96. The number of aryl methyl sites for hydroxylation is 2. The highest BCUT2D eigenvalue weighted by Crippen LogP contribution is 2.23. The topological polar surface area (TPSA) is 55.6 Å². The van der Waals surface area contributed by atoms with Gasteiger partial charge in [0.2, 0.25) is 0 Å². The summed E-state index contributed by atoms with van der Waals surface area (Å²) in [5.41, 5.74) is 3.37. The van der Waals surface area contributed by atoms with Gasteiger partial charge in [0.25, 0.3) is 0 Å². The minimum Gasteiger partial charge on any atom is -0.384 e. The summed E-state index contributed by atoms with van der Waals surface area (Å²) in [7, 11) is 0. The number of nitrogens with zero attached hydrogens (tertiary/aromatic N) is 4. The van der Waals surface area contributed by atoms with E-state index in [9.17, 15) is 0 Å². The highest BCUT2D eigenvalue weighted by molar-refractivity contribution is 5.92. The van der Waals surface area contributed by atoms with Crippen molar-refractivity contribution in [2.45, 2.75) is 26.8 Å². The Labute approximate surface area is 124 Å². The zero-order chi connectivity index (χ0) is 14.7. The van der Waals surface area contributed by atoms with E-state index in [0.29, 0.717) is 0 Å². The van der Waals surface area contributed by atoms with Crippen LogP contribution in [0.2, 0.25) is 0 Å². The van der Waals surface area contributed by atoms with Gasteiger partial charge in [-0.1, -0.05) is 18.2 Å². The molecule has 3 rings (SSSR count). The van der Waals surface area contributed by atoms with Gasteiger partial charge in [0, 0.05) is 36.8 Å². The Bertz CT molecular complexity index is 747. The van der Waals surface area contributed by atoms with Crippen LogP contribution >= 0.6 is 0 Å². The SMILES string of the molecule is CCn1cnnc1CCNc1ccnc2c(C)cccc12. The Morgan fingerprint density at radius 3 is 3.00 bits per heavy atom. The summed E-state index contributed by atoms with van der Waals surface area (Å²) in [4.78, 5) is 4.46. The Morgan fingerprint density at radius 1 is 1.24 bits per heavy atom. The number of hydrogen-bond acceptors (Lipinski definition) is 4. The third kappa shape index (κ3) is 2.72. The Hall–Kier alpha value is -2.43. The van der Waals surface area contributed by atoms with Crippen LogP contribution in [0.15, 0.2) is 36.8 Å². The van der Waals surface area contributed by atoms with E-state index in [1.165, 1.54) is 5.56 Å². The molecular formula is C16H19N5. The van der Waals surface area contributed by atoms with Crippen molar-refractivity contribution in [3.8, 4) is 0 Å². The maximum Gasteiger partial charge on any atom is 0.134 e. The highest BCUT2D eigenvalue weighted by atomic mass is 15.3. The zero-order valence-corrected chi connectivity index (χ0v) is 12.4. The summed E-state index contributed by atoms with van der Waals surface area (Å²) >= 11 is 0. The average molecular weight is 281 g/mol. The van der Waals surface area contributed by atoms with E-state index in [2.05, 4.69) is 57.1 Å². The van der Waals surface area contributed by atoms with Gasteiger partial charge in [0.1, 0.15) is 12.2 Å². The molecule has 5 nitrogen and oxygen atoms in total. The number of fused-ring (bicyclic) bond motifs is 1. The predicted octanol–water partition coefficient (Wildman–Crippen LogP) is 2.81. The lowest BCUT2D eigenvalue weighted by molar-refractivity contribution is 0.698. The summed E-state index contributed by atoms with van der Waals surface area (Å²) in [6.45, 7) is 5.91. The molecule has 0 atom stereocenters. The lowest BCUT2D eigenvalue weighted by atomic mass is 10.1. The fraction of sp³-hybridized carbons (Fsp3) is 0.312. The van der Waals surface area contributed by atoms with E-state index in [0.717, 1.165) is 41.9 Å². The van der Waals surface area contributed by atoms with Gasteiger partial charge in [-0.2, -0.15) is 0 Å². The third-order valence-corrected chi connectivity index (χ3v) is 3.67. The Kier molecular flexibility index (Phi) is 3.81. The lowest BCUT2D eigenvalue weighted by Gasteiger charge is -2.10. The number of nitrogens with one attached hydrogen (secondary N) is 1. The number of aromatic nitrogens is 4. The maximum absolute atomic E-state index is 4.46. The first-order valence-corrected chi connectivity index (χ1v) is 7.24. The van der Waals surface area contributed by atoms with Crippen molar-refractivity contribution in [3.63, 3.8) is 0 Å². The molecule has 0 saturated heterocycles. The molecule has 0 radical (unpaired) electrons. The number of para-hydroxylation sites is 1. The van der Waals surface area contributed by atoms with Crippen molar-refractivity contribution < 1.29 is 0 Å². The van der Waals surface area contributed by atoms with Gasteiger partial charge in [0.05, 0.1) is 5.52 Å². The number of benzene rings is 1. The van der Waals surface area contributed by atoms with Gasteiger partial charge in [-0.05, 0) is 25.5 Å². The molecule has 0 saturated carbocycles. The minimum absolute atomic E-state index is 0.825. The minimum atomic E-state index is 0.825. The van der Waals surface area contributed by atoms with E-state index >= 15 is 0 Å². The van der Waals surface area contributed by atoms with Crippen molar-refractivity contribution >= 4 is 16.6 Å². The fourth-order valence-electron chi connectivity index (χ4n) is 2.52. The molecule has 0 spiro atoms. The van der Waals surface area contributed by atoms with Gasteiger partial charge in [-0.15, -0.1) is 10.2 Å². The first-order chi connectivity index (χ1) is 10.3. The van der Waals surface area contributed by atoms with Crippen LogP contribution in [0, 0.1) is 6.92 Å². The van der Waals surface area contributed by atoms with Crippen LogP contribution < -0.4 is 5.32 Å². The highest BCUT2D eigenvalue weighted by Gasteiger charge is 2.05. The van der Waals surface area contributed by atoms with E-state index in [1.54, 1.807) is 6.33 Å². The molecule has 0 aliphatic heterocycles. The second-order valence-electron chi connectivity index (χ2n) is 5.04. The molecule has 108 valence electrons. The summed E-state index contributed by atoms with van der Waals surface area (Å²) in [5, 5.41) is 12.8. The number of anilines is 1. The second kappa shape index (κ2) is 5.91. The van der Waals surface area contributed by atoms with E-state index in [-0.39, 0.29) is 0 Å². The molecule has 1 aromatic carbocycles. The monoisotopic (exact) mass is 281 g/mol. The fourth-order valence-corrected chi connectivity index (χ4v) is 2.52. The largest absolute Gasteiger partial charge is 0.384 e. The number of pyridine rings is 1. The zero-order valence-electron chi connectivity index (χ0n) is 12.4. The second-order valence-corrected chi connectivity index (χ2v) is 5.04. The smallest absolute Gasteiger partial charge is 0.134 e. The van der Waals surface area contributed by atoms with Crippen LogP contribution in [0.5, 0.6) is 0 Å². The molecule has 0 bridgehead atoms. The number of hydrogen-bond donors (Lipinski definition) is 1. The van der Waals surface area contributed by atoms with Crippen LogP contribution in [-0.2, 0) is 13.0 Å². The summed E-state index contributed by atoms with van der Waals surface area (Å²) < 4.78 is 2.07. The molecule has 2 heterocycles. The lowest BCUT2D eigenvalue weighted by Crippen LogP contribution is -2.10. The third-order valence-electron chi connectivity index (χ3n) is 3.67. The van der Waals surface area contributed by atoms with Crippen molar-refractivity contribution in [2.75, 3.05) is 11.9 Å². The molecule has 0 aliphatic carbocycles. The molecule has 2 aromatic heterocycles. The van der Waals surface area contributed by atoms with Crippen molar-refractivity contribution in [1.29, 1.82) is 0 Å². The van der Waals surface area contributed by atoms with Gasteiger partial charge in [0.15, 0.2) is 0 Å². The van der Waals surface area contributed by atoms with Crippen LogP contribution in [0.1, 0.15) is 18.3 Å². The van der Waals surface area contributed by atoms with Crippen LogP contribution in [-0.4, -0.2) is 26.3 Å². The quantitative estimate of drug-likeness (QED) is 0.781. The normalized spacial score (nSPS) is 11.0. The molecule has 1 N–H and O–H groups in total. The van der Waals surface area contributed by atoms with E-state index in [1.807, 2.05) is 12.3 Å². The van der Waals surface area contributed by atoms with E-state index < -0.39 is 0 Å².